The van der Waals surface area contributed by atoms with Crippen LogP contribution in [0.3, 0.4) is 0 Å². The van der Waals surface area contributed by atoms with Crippen molar-refractivity contribution in [1.29, 1.82) is 0 Å². The van der Waals surface area contributed by atoms with Crippen molar-refractivity contribution in [3.8, 4) is 0 Å². The molecule has 0 bridgehead atoms. The first-order valence-corrected chi connectivity index (χ1v) is 30.8. The second kappa shape index (κ2) is 55.1. The highest BCUT2D eigenvalue weighted by atomic mass is 16.4. The Hall–Kier alpha value is -10.5. The van der Waals surface area contributed by atoms with Crippen LogP contribution in [0.5, 0.6) is 0 Å². The number of carboxylic acids is 19. The highest BCUT2D eigenvalue weighted by Gasteiger charge is 2.37. The molecule has 0 saturated heterocycles. The van der Waals surface area contributed by atoms with E-state index in [9.17, 15) is 91.1 Å². The summed E-state index contributed by atoms with van der Waals surface area (Å²) in [4.78, 5) is 220. The van der Waals surface area contributed by atoms with Gasteiger partial charge in [-0.15, -0.1) is 0 Å². The Labute approximate surface area is 594 Å². The number of nitrogens with zero attached hydrogens (tertiary/aromatic N) is 11. The number of hydrogen-bond donors (Lipinski definition) is 19. The van der Waals surface area contributed by atoms with Crippen LogP contribution in [0.1, 0.15) is 25.7 Å². The van der Waals surface area contributed by atoms with E-state index in [1.54, 1.807) is 0 Å². The Morgan fingerprint density at radius 3 is 0.362 bits per heavy atom. The van der Waals surface area contributed by atoms with Gasteiger partial charge in [-0.25, -0.2) is 0 Å². The molecular weight excluding hydrogens is 1430 g/mol. The fourth-order valence-corrected chi connectivity index (χ4v) is 9.88. The maximum atomic E-state index is 11.2. The molecule has 1 saturated carbocycles. The molecule has 0 aliphatic heterocycles. The molecule has 0 unspecified atom stereocenters. The van der Waals surface area contributed by atoms with Crippen LogP contribution in [0.2, 0.25) is 0 Å². The summed E-state index contributed by atoms with van der Waals surface area (Å²) in [6, 6.07) is -1.05. The summed E-state index contributed by atoms with van der Waals surface area (Å²) >= 11 is 0. The Bertz CT molecular complexity index is 2600. The molecule has 1 fully saturated rings. The second-order valence-corrected chi connectivity index (χ2v) is 22.8. The summed E-state index contributed by atoms with van der Waals surface area (Å²) in [5.41, 5.74) is 0. The first-order valence-electron chi connectivity index (χ1n) is 30.8. The molecule has 0 heterocycles. The molecule has 49 nitrogen and oxygen atoms in total. The van der Waals surface area contributed by atoms with Crippen molar-refractivity contribution < 1.29 is 188 Å². The van der Waals surface area contributed by atoms with E-state index in [1.807, 2.05) is 0 Å². The average molecular weight is 1530 g/mol. The van der Waals surface area contributed by atoms with Gasteiger partial charge < -0.3 is 97.0 Å². The lowest BCUT2D eigenvalue weighted by molar-refractivity contribution is -0.149. The SMILES string of the molecule is O=C(O)CN(CC(=O)O)[C@@H]1CCCC[C@@H]1N(CC(=O)O)CC(=O)O.O=C(O)CN(CCN(CC(=O)O)CC(=O)O)CC(=O)O.O=C(O)CN(CCN(CC(=O)O)CC(=O)O)CCN(CC(=O)O)CC(=O)O.O=C(O)CN(CCN(CCN(CC(=O)O)CC(=O)O)CC(=O)O)CCN(CC(=O)O)CC(=O)O. The van der Waals surface area contributed by atoms with E-state index in [0.29, 0.717) is 12.8 Å². The van der Waals surface area contributed by atoms with Gasteiger partial charge in [0.1, 0.15) is 0 Å². The van der Waals surface area contributed by atoms with Crippen LogP contribution in [0.15, 0.2) is 0 Å². The van der Waals surface area contributed by atoms with Gasteiger partial charge in [-0.3, -0.25) is 145 Å². The molecule has 0 radical (unpaired) electrons. The zero-order valence-corrected chi connectivity index (χ0v) is 56.6. The van der Waals surface area contributed by atoms with Crippen molar-refractivity contribution in [3.05, 3.63) is 0 Å². The van der Waals surface area contributed by atoms with Crippen LogP contribution in [0, 0.1) is 0 Å². The third kappa shape index (κ3) is 59.7. The highest BCUT2D eigenvalue weighted by molar-refractivity contribution is 5.77. The van der Waals surface area contributed by atoms with Gasteiger partial charge in [0, 0.05) is 90.6 Å². The third-order valence-corrected chi connectivity index (χ3v) is 13.8. The fourth-order valence-electron chi connectivity index (χ4n) is 9.88. The van der Waals surface area contributed by atoms with Gasteiger partial charge in [0.2, 0.25) is 0 Å². The molecule has 2 atom stereocenters. The van der Waals surface area contributed by atoms with Gasteiger partial charge in [0.25, 0.3) is 0 Å². The molecule has 1 aliphatic rings. The second-order valence-electron chi connectivity index (χ2n) is 22.8. The smallest absolute Gasteiger partial charge is 0.317 e. The molecule has 0 spiro atoms. The lowest BCUT2D eigenvalue weighted by Gasteiger charge is -2.43. The van der Waals surface area contributed by atoms with Crippen molar-refractivity contribution in [2.45, 2.75) is 37.8 Å². The quantitative estimate of drug-likeness (QED) is 0.0269. The van der Waals surface area contributed by atoms with Gasteiger partial charge in [-0.1, -0.05) is 12.8 Å². The number of rotatable bonds is 58. The summed E-state index contributed by atoms with van der Waals surface area (Å²) in [6.45, 7) is -10.3. The Morgan fingerprint density at radius 2 is 0.257 bits per heavy atom. The van der Waals surface area contributed by atoms with E-state index >= 15 is 0 Å². The standard InChI is InChI=1S/C18H30N4O12.C14H23N3O10.C14H22N2O8.C10H16N2O8/c23-13(24)7-19(3-5-21(9-15(27)28)10-16(29)30)1-2-20(8-14(25)26)4-6-22(11-17(31)32)12-18(33)34;18-10(19)5-15(1-3-16(6-11(20)21)7-12(22)23)2-4-17(8-13(24)25)9-14(26)27;17-11(18)5-15(6-12(19)20)9-3-1-2-4-10(9)16(7-13(21)22)8-14(23)24;13-7(14)3-11(4-8(15)16)1-2-12(5-9(17)18)6-10(19)20/h1-12H2,(H,23,24)(H,25,26)(H,27,28)(H,29,30)(H,31,32)(H,33,34);1-9H2,(H,18,19)(H,20,21)(H,22,23)(H,24,25)(H,26,27);9-10H,1-8H2,(H,17,18)(H,19,20)(H,21,22)(H,23,24);1-6H2,(H,13,14)(H,15,16)(H,17,18)(H,19,20)/t;;9-,10+;. The maximum absolute atomic E-state index is 11.2. The van der Waals surface area contributed by atoms with Crippen LogP contribution in [-0.4, -0.2) is 479 Å². The molecule has 1 aliphatic carbocycles. The molecule has 19 N–H and O–H groups in total. The summed E-state index contributed by atoms with van der Waals surface area (Å²) < 4.78 is 0. The summed E-state index contributed by atoms with van der Waals surface area (Å²) in [7, 11) is 0. The van der Waals surface area contributed by atoms with Crippen molar-refractivity contribution in [2.24, 2.45) is 0 Å². The molecule has 49 heteroatoms. The number of hydrogen-bond acceptors (Lipinski definition) is 30. The lowest BCUT2D eigenvalue weighted by atomic mass is 9.87. The Kier molecular flexibility index (Phi) is 51.8. The molecule has 1 rings (SSSR count). The monoisotopic (exact) mass is 1530 g/mol. The van der Waals surface area contributed by atoms with Crippen LogP contribution in [0.25, 0.3) is 0 Å². The summed E-state index contributed by atoms with van der Waals surface area (Å²) in [5, 5.41) is 168. The minimum absolute atomic E-state index is 0.000836. The summed E-state index contributed by atoms with van der Waals surface area (Å²) in [5.74, 6) is -23.3. The Balaban J connectivity index is -0.00000134. The van der Waals surface area contributed by atoms with E-state index in [4.69, 9.17) is 97.0 Å². The van der Waals surface area contributed by atoms with E-state index < -0.39 is 250 Å². The first kappa shape index (κ1) is 98.7. The largest absolute Gasteiger partial charge is 0.480 e. The van der Waals surface area contributed by atoms with Gasteiger partial charge in [0.05, 0.1) is 124 Å². The first-order chi connectivity index (χ1) is 48.7. The number of aliphatic carboxylic acids is 19. The number of carboxylic acid groups (broad SMARTS) is 19. The predicted octanol–water partition coefficient (Wildman–Crippen LogP) is -8.81. The fraction of sp³-hybridized carbons (Fsp3) is 0.661. The van der Waals surface area contributed by atoms with Crippen molar-refractivity contribution >= 4 is 113 Å². The minimum Gasteiger partial charge on any atom is -0.480 e. The van der Waals surface area contributed by atoms with Crippen LogP contribution in [0.4, 0.5) is 0 Å². The Morgan fingerprint density at radius 1 is 0.162 bits per heavy atom. The van der Waals surface area contributed by atoms with Crippen LogP contribution in [-0.2, 0) is 91.1 Å². The van der Waals surface area contributed by atoms with Crippen molar-refractivity contribution in [1.82, 2.24) is 53.9 Å². The van der Waals surface area contributed by atoms with E-state index in [-0.39, 0.29) is 78.5 Å². The zero-order chi connectivity index (χ0) is 81.2. The van der Waals surface area contributed by atoms with Gasteiger partial charge >= 0.3 is 113 Å². The number of carbonyl (C=O) groups is 19. The molecule has 598 valence electrons. The minimum atomic E-state index is -1.26. The average Bonchev–Trinajstić information content (AvgIpc) is 0.820. The molecule has 0 aromatic rings. The lowest BCUT2D eigenvalue weighted by Crippen LogP contribution is -2.57. The van der Waals surface area contributed by atoms with Crippen LogP contribution < -0.4 is 0 Å². The van der Waals surface area contributed by atoms with E-state index in [0.717, 1.165) is 42.2 Å². The zero-order valence-electron chi connectivity index (χ0n) is 56.6. The molecular formula is C56H91N11O38. The molecule has 0 aromatic carbocycles. The molecule has 0 amide bonds. The summed E-state index contributed by atoms with van der Waals surface area (Å²) in [6.07, 6.45) is 2.46. The van der Waals surface area contributed by atoms with Crippen molar-refractivity contribution in [2.75, 3.05) is 203 Å². The third-order valence-electron chi connectivity index (χ3n) is 13.8. The van der Waals surface area contributed by atoms with E-state index in [2.05, 4.69) is 0 Å². The topological polar surface area (TPSA) is 744 Å². The highest BCUT2D eigenvalue weighted by Crippen LogP contribution is 2.27. The van der Waals surface area contributed by atoms with Crippen LogP contribution >= 0.6 is 0 Å². The van der Waals surface area contributed by atoms with E-state index in [1.165, 1.54) is 24.5 Å². The van der Waals surface area contributed by atoms with Gasteiger partial charge in [-0.05, 0) is 12.8 Å². The van der Waals surface area contributed by atoms with Gasteiger partial charge in [-0.2, -0.15) is 0 Å². The molecule has 0 aromatic heterocycles. The van der Waals surface area contributed by atoms with Crippen molar-refractivity contribution in [3.63, 3.8) is 0 Å². The van der Waals surface area contributed by atoms with Gasteiger partial charge in [0.15, 0.2) is 0 Å². The predicted molar refractivity (Wildman–Crippen MR) is 342 cm³/mol. The normalized spacial score (nSPS) is 13.3. The molecule has 105 heavy (non-hydrogen) atoms. The maximum Gasteiger partial charge on any atom is 0.317 e.